The molecule has 1 amide bonds. The van der Waals surface area contributed by atoms with Gasteiger partial charge < -0.3 is 20.5 Å². The predicted molar refractivity (Wildman–Crippen MR) is 102 cm³/mol. The SMILES string of the molecule is NC(=O)c1c2c(nn1-c1ccc(Oc3cccc(OC(F)(F)F)c3)cc1)CCCN2. The van der Waals surface area contributed by atoms with Crippen LogP contribution in [0.1, 0.15) is 22.6 Å². The number of nitrogens with two attached hydrogens (primary N) is 1. The van der Waals surface area contributed by atoms with Crippen LogP contribution in [0.2, 0.25) is 0 Å². The Hall–Kier alpha value is -3.69. The van der Waals surface area contributed by atoms with Gasteiger partial charge in [0.2, 0.25) is 0 Å². The molecule has 30 heavy (non-hydrogen) atoms. The number of rotatable bonds is 5. The number of benzene rings is 2. The second-order valence-electron chi connectivity index (χ2n) is 6.60. The van der Waals surface area contributed by atoms with Crippen molar-refractivity contribution in [3.05, 3.63) is 59.9 Å². The summed E-state index contributed by atoms with van der Waals surface area (Å²) in [5, 5.41) is 7.66. The smallest absolute Gasteiger partial charge is 0.457 e. The maximum atomic E-state index is 12.4. The predicted octanol–water partition coefficient (Wildman–Crippen LogP) is 4.02. The summed E-state index contributed by atoms with van der Waals surface area (Å²) in [6, 6.07) is 11.8. The van der Waals surface area contributed by atoms with E-state index in [9.17, 15) is 18.0 Å². The van der Waals surface area contributed by atoms with Crippen LogP contribution < -0.4 is 20.5 Å². The Balaban J connectivity index is 1.57. The lowest BCUT2D eigenvalue weighted by molar-refractivity contribution is -0.274. The van der Waals surface area contributed by atoms with Gasteiger partial charge in [-0.05, 0) is 49.2 Å². The van der Waals surface area contributed by atoms with Crippen molar-refractivity contribution in [3.8, 4) is 22.9 Å². The molecule has 3 aromatic rings. The number of hydrogen-bond acceptors (Lipinski definition) is 5. The van der Waals surface area contributed by atoms with E-state index in [1.165, 1.54) is 22.9 Å². The average molecular weight is 418 g/mol. The standard InChI is InChI=1S/C20H17F3N4O3/c21-20(22,23)30-15-4-1-3-14(11-15)29-13-8-6-12(7-9-13)27-18(19(24)28)17-16(26-27)5-2-10-25-17/h1,3-4,6-9,11,25H,2,5,10H2,(H2,24,28). The minimum absolute atomic E-state index is 0.182. The van der Waals surface area contributed by atoms with E-state index in [1.54, 1.807) is 24.3 Å². The molecular weight excluding hydrogens is 401 g/mol. The van der Waals surface area contributed by atoms with Crippen molar-refractivity contribution in [3.63, 3.8) is 0 Å². The maximum absolute atomic E-state index is 12.4. The summed E-state index contributed by atoms with van der Waals surface area (Å²) in [6.07, 6.45) is -3.13. The van der Waals surface area contributed by atoms with Crippen LogP contribution in [-0.2, 0) is 6.42 Å². The van der Waals surface area contributed by atoms with Crippen LogP contribution >= 0.6 is 0 Å². The van der Waals surface area contributed by atoms with Crippen LogP contribution in [-0.4, -0.2) is 28.6 Å². The number of nitrogens with zero attached hydrogens (tertiary/aromatic N) is 2. The van der Waals surface area contributed by atoms with Crippen LogP contribution in [0.5, 0.6) is 17.2 Å². The van der Waals surface area contributed by atoms with Crippen molar-refractivity contribution in [1.29, 1.82) is 0 Å². The van der Waals surface area contributed by atoms with E-state index < -0.39 is 12.3 Å². The molecule has 156 valence electrons. The molecule has 0 saturated carbocycles. The van der Waals surface area contributed by atoms with Gasteiger partial charge in [-0.1, -0.05) is 6.07 Å². The molecule has 0 aliphatic carbocycles. The van der Waals surface area contributed by atoms with E-state index in [0.717, 1.165) is 31.1 Å². The van der Waals surface area contributed by atoms with E-state index in [4.69, 9.17) is 10.5 Å². The number of hydrogen-bond donors (Lipinski definition) is 2. The fraction of sp³-hybridized carbons (Fsp3) is 0.200. The molecular formula is C20H17F3N4O3. The van der Waals surface area contributed by atoms with Crippen LogP contribution in [0.4, 0.5) is 18.9 Å². The van der Waals surface area contributed by atoms with Gasteiger partial charge in [-0.25, -0.2) is 4.68 Å². The number of aromatic nitrogens is 2. The third-order valence-electron chi connectivity index (χ3n) is 4.44. The molecule has 0 fully saturated rings. The van der Waals surface area contributed by atoms with Gasteiger partial charge >= 0.3 is 6.36 Å². The molecule has 0 saturated heterocycles. The van der Waals surface area contributed by atoms with Crippen molar-refractivity contribution in [1.82, 2.24) is 9.78 Å². The van der Waals surface area contributed by atoms with Gasteiger partial charge in [0.15, 0.2) is 5.69 Å². The molecule has 0 spiro atoms. The highest BCUT2D eigenvalue weighted by Gasteiger charge is 2.31. The highest BCUT2D eigenvalue weighted by atomic mass is 19.4. The average Bonchev–Trinajstić information content (AvgIpc) is 3.07. The molecule has 1 aromatic heterocycles. The molecule has 7 nitrogen and oxygen atoms in total. The van der Waals surface area contributed by atoms with E-state index in [0.29, 0.717) is 17.1 Å². The number of carbonyl (C=O) groups excluding carboxylic acids is 1. The third-order valence-corrected chi connectivity index (χ3v) is 4.44. The second-order valence-corrected chi connectivity index (χ2v) is 6.60. The fourth-order valence-corrected chi connectivity index (χ4v) is 3.23. The fourth-order valence-electron chi connectivity index (χ4n) is 3.23. The Morgan fingerprint density at radius 3 is 2.53 bits per heavy atom. The minimum atomic E-state index is -4.78. The number of aryl methyl sites for hydroxylation is 1. The van der Waals surface area contributed by atoms with Crippen LogP contribution in [0, 0.1) is 0 Å². The van der Waals surface area contributed by atoms with Gasteiger partial charge in [-0.15, -0.1) is 13.2 Å². The summed E-state index contributed by atoms with van der Waals surface area (Å²) in [7, 11) is 0. The number of halogens is 3. The summed E-state index contributed by atoms with van der Waals surface area (Å²) < 4.78 is 48.1. The number of nitrogens with one attached hydrogen (secondary N) is 1. The van der Waals surface area contributed by atoms with Crippen molar-refractivity contribution in [2.45, 2.75) is 19.2 Å². The minimum Gasteiger partial charge on any atom is -0.457 e. The highest BCUT2D eigenvalue weighted by Crippen LogP contribution is 2.31. The van der Waals surface area contributed by atoms with E-state index in [-0.39, 0.29) is 17.2 Å². The molecule has 0 radical (unpaired) electrons. The lowest BCUT2D eigenvalue weighted by Gasteiger charge is -2.13. The number of ether oxygens (including phenoxy) is 2. The molecule has 1 aliphatic rings. The molecule has 0 unspecified atom stereocenters. The molecule has 0 bridgehead atoms. The first-order valence-electron chi connectivity index (χ1n) is 9.10. The Morgan fingerprint density at radius 1 is 1.10 bits per heavy atom. The van der Waals surface area contributed by atoms with Crippen LogP contribution in [0.15, 0.2) is 48.5 Å². The zero-order valence-corrected chi connectivity index (χ0v) is 15.6. The van der Waals surface area contributed by atoms with Crippen molar-refractivity contribution in [2.75, 3.05) is 11.9 Å². The Kier molecular flexibility index (Phi) is 4.98. The Morgan fingerprint density at radius 2 is 1.83 bits per heavy atom. The number of primary amides is 1. The first kappa shape index (κ1) is 19.6. The summed E-state index contributed by atoms with van der Waals surface area (Å²) >= 11 is 0. The highest BCUT2D eigenvalue weighted by molar-refractivity contribution is 5.98. The first-order valence-corrected chi connectivity index (χ1v) is 9.10. The van der Waals surface area contributed by atoms with Crippen molar-refractivity contribution < 1.29 is 27.4 Å². The van der Waals surface area contributed by atoms with Crippen LogP contribution in [0.25, 0.3) is 5.69 Å². The van der Waals surface area contributed by atoms with Gasteiger partial charge in [0, 0.05) is 12.6 Å². The van der Waals surface area contributed by atoms with Gasteiger partial charge in [-0.2, -0.15) is 5.10 Å². The van der Waals surface area contributed by atoms with E-state index >= 15 is 0 Å². The van der Waals surface area contributed by atoms with E-state index in [1.807, 2.05) is 0 Å². The molecule has 10 heteroatoms. The molecule has 4 rings (SSSR count). The van der Waals surface area contributed by atoms with Crippen molar-refractivity contribution in [2.24, 2.45) is 5.73 Å². The lowest BCUT2D eigenvalue weighted by atomic mass is 10.1. The second kappa shape index (κ2) is 7.62. The summed E-state index contributed by atoms with van der Waals surface area (Å²) in [6.45, 7) is 0.739. The topological polar surface area (TPSA) is 91.4 Å². The normalized spacial score (nSPS) is 13.3. The molecule has 0 atom stereocenters. The van der Waals surface area contributed by atoms with Gasteiger partial charge in [0.05, 0.1) is 17.1 Å². The first-order chi connectivity index (χ1) is 14.3. The van der Waals surface area contributed by atoms with Gasteiger partial charge in [0.25, 0.3) is 5.91 Å². The molecule has 2 heterocycles. The summed E-state index contributed by atoms with van der Waals surface area (Å²) in [5.41, 5.74) is 7.85. The number of amides is 1. The number of carbonyl (C=O) groups is 1. The zero-order chi connectivity index (χ0) is 21.3. The zero-order valence-electron chi connectivity index (χ0n) is 15.6. The quantitative estimate of drug-likeness (QED) is 0.653. The summed E-state index contributed by atoms with van der Waals surface area (Å²) in [5.74, 6) is -0.406. The Bertz CT molecular complexity index is 1080. The van der Waals surface area contributed by atoms with Crippen LogP contribution in [0.3, 0.4) is 0 Å². The third kappa shape index (κ3) is 4.17. The molecule has 3 N–H and O–H groups in total. The molecule has 1 aliphatic heterocycles. The Labute approximate surface area is 169 Å². The number of fused-ring (bicyclic) bond motifs is 1. The van der Waals surface area contributed by atoms with Crippen molar-refractivity contribution >= 4 is 11.6 Å². The summed E-state index contributed by atoms with van der Waals surface area (Å²) in [4.78, 5) is 12.0. The number of anilines is 1. The maximum Gasteiger partial charge on any atom is 0.573 e. The van der Waals surface area contributed by atoms with Gasteiger partial charge in [-0.3, -0.25) is 4.79 Å². The largest absolute Gasteiger partial charge is 0.573 e. The monoisotopic (exact) mass is 418 g/mol. The number of alkyl halides is 3. The molecule has 2 aromatic carbocycles. The van der Waals surface area contributed by atoms with E-state index in [2.05, 4.69) is 15.2 Å². The lowest BCUT2D eigenvalue weighted by Crippen LogP contribution is -2.20. The van der Waals surface area contributed by atoms with Gasteiger partial charge in [0.1, 0.15) is 17.2 Å².